The normalized spacial score (nSPS) is 19.4. The van der Waals surface area contributed by atoms with Crippen molar-refractivity contribution in [2.24, 2.45) is 0 Å². The van der Waals surface area contributed by atoms with E-state index in [1.165, 1.54) is 11.3 Å². The van der Waals surface area contributed by atoms with Gasteiger partial charge in [-0.25, -0.2) is 0 Å². The van der Waals surface area contributed by atoms with Crippen molar-refractivity contribution in [1.82, 2.24) is 4.90 Å². The molecule has 0 aromatic carbocycles. The van der Waals surface area contributed by atoms with Crippen molar-refractivity contribution in [1.29, 1.82) is 0 Å². The highest BCUT2D eigenvalue weighted by Crippen LogP contribution is 2.25. The Kier molecular flexibility index (Phi) is 4.58. The first kappa shape index (κ1) is 14.1. The van der Waals surface area contributed by atoms with Crippen LogP contribution in [0.25, 0.3) is 0 Å². The lowest BCUT2D eigenvalue weighted by molar-refractivity contribution is -0.137. The number of nitrogens with zero attached hydrogens (tertiary/aromatic N) is 1. The monoisotopic (exact) mass is 281 g/mol. The number of carbonyl (C=O) groups excluding carboxylic acids is 1. The molecule has 1 saturated heterocycles. The molecule has 0 saturated carbocycles. The molecule has 2 heterocycles. The zero-order valence-electron chi connectivity index (χ0n) is 11.1. The quantitative estimate of drug-likeness (QED) is 0.923. The fraction of sp³-hybridized carbons (Fsp3) is 0.571. The van der Waals surface area contributed by atoms with Crippen LogP contribution in [0.1, 0.15) is 48.0 Å². The molecule has 1 aromatic heterocycles. The Morgan fingerprint density at radius 2 is 2.21 bits per heavy atom. The summed E-state index contributed by atoms with van der Waals surface area (Å²) in [7, 11) is 0. The van der Waals surface area contributed by atoms with E-state index in [2.05, 4.69) is 0 Å². The van der Waals surface area contributed by atoms with Crippen LogP contribution in [0.5, 0.6) is 0 Å². The molecule has 1 atom stereocenters. The Labute approximate surface area is 117 Å². The van der Waals surface area contributed by atoms with Gasteiger partial charge in [0, 0.05) is 24.4 Å². The molecule has 4 nitrogen and oxygen atoms in total. The van der Waals surface area contributed by atoms with Gasteiger partial charge < -0.3 is 10.0 Å². The number of hydrogen-bond acceptors (Lipinski definition) is 3. The number of aliphatic carboxylic acids is 1. The minimum absolute atomic E-state index is 0.0637. The Morgan fingerprint density at radius 3 is 2.84 bits per heavy atom. The van der Waals surface area contributed by atoms with Crippen molar-refractivity contribution in [2.45, 2.75) is 45.1 Å². The summed E-state index contributed by atoms with van der Waals surface area (Å²) in [5.41, 5.74) is 1.78. The molecule has 1 fully saturated rings. The molecule has 1 amide bonds. The molecule has 5 heteroatoms. The van der Waals surface area contributed by atoms with Crippen molar-refractivity contribution >= 4 is 23.2 Å². The van der Waals surface area contributed by atoms with Crippen molar-refractivity contribution in [2.75, 3.05) is 6.54 Å². The second-order valence-electron chi connectivity index (χ2n) is 5.05. The predicted octanol–water partition coefficient (Wildman–Crippen LogP) is 2.92. The van der Waals surface area contributed by atoms with E-state index in [1.807, 2.05) is 22.6 Å². The number of thiophene rings is 1. The van der Waals surface area contributed by atoms with Gasteiger partial charge in [0.25, 0.3) is 5.91 Å². The van der Waals surface area contributed by atoms with Gasteiger partial charge in [-0.1, -0.05) is 0 Å². The van der Waals surface area contributed by atoms with Crippen LogP contribution in [0.4, 0.5) is 0 Å². The van der Waals surface area contributed by atoms with E-state index < -0.39 is 5.97 Å². The first-order chi connectivity index (χ1) is 9.09. The molecule has 1 N–H and O–H groups in total. The summed E-state index contributed by atoms with van der Waals surface area (Å²) < 4.78 is 0. The minimum atomic E-state index is -0.787. The third kappa shape index (κ3) is 3.35. The van der Waals surface area contributed by atoms with E-state index in [-0.39, 0.29) is 18.4 Å². The lowest BCUT2D eigenvalue weighted by Crippen LogP contribution is -2.44. The minimum Gasteiger partial charge on any atom is -0.481 e. The van der Waals surface area contributed by atoms with Crippen molar-refractivity contribution in [3.8, 4) is 0 Å². The number of carboxylic acids is 1. The third-order valence-corrected chi connectivity index (χ3v) is 4.53. The van der Waals surface area contributed by atoms with Gasteiger partial charge in [0.1, 0.15) is 0 Å². The fourth-order valence-corrected chi connectivity index (χ4v) is 3.41. The molecule has 19 heavy (non-hydrogen) atoms. The zero-order chi connectivity index (χ0) is 13.8. The van der Waals surface area contributed by atoms with E-state index >= 15 is 0 Å². The molecule has 2 rings (SSSR count). The smallest absolute Gasteiger partial charge is 0.303 e. The molecule has 1 aliphatic rings. The largest absolute Gasteiger partial charge is 0.481 e. The topological polar surface area (TPSA) is 57.6 Å². The Balaban J connectivity index is 2.08. The first-order valence-corrected chi connectivity index (χ1v) is 7.59. The van der Waals surface area contributed by atoms with Crippen LogP contribution in [0.15, 0.2) is 10.8 Å². The Hall–Kier alpha value is -1.36. The summed E-state index contributed by atoms with van der Waals surface area (Å²) in [4.78, 5) is 25.1. The Morgan fingerprint density at radius 1 is 1.42 bits per heavy atom. The number of amides is 1. The average molecular weight is 281 g/mol. The van der Waals surface area contributed by atoms with Crippen LogP contribution in [0.3, 0.4) is 0 Å². The zero-order valence-corrected chi connectivity index (χ0v) is 11.9. The molecular weight excluding hydrogens is 262 g/mol. The number of piperidine rings is 1. The van der Waals surface area contributed by atoms with Gasteiger partial charge >= 0.3 is 5.97 Å². The van der Waals surface area contributed by atoms with Crippen molar-refractivity contribution in [3.05, 3.63) is 21.9 Å². The summed E-state index contributed by atoms with van der Waals surface area (Å²) >= 11 is 1.54. The maximum atomic E-state index is 12.5. The molecule has 1 aliphatic heterocycles. The predicted molar refractivity (Wildman–Crippen MR) is 74.6 cm³/mol. The van der Waals surface area contributed by atoms with Crippen molar-refractivity contribution < 1.29 is 14.7 Å². The average Bonchev–Trinajstić information content (AvgIpc) is 2.82. The molecule has 0 spiro atoms. The van der Waals surface area contributed by atoms with Crippen LogP contribution in [0, 0.1) is 6.92 Å². The van der Waals surface area contributed by atoms with Gasteiger partial charge in [-0.15, -0.1) is 0 Å². The molecular formula is C14H19NO3S. The molecule has 0 unspecified atom stereocenters. The van der Waals surface area contributed by atoms with Crippen LogP contribution < -0.4 is 0 Å². The van der Waals surface area contributed by atoms with Gasteiger partial charge in [-0.3, -0.25) is 9.59 Å². The van der Waals surface area contributed by atoms with Crippen molar-refractivity contribution in [3.63, 3.8) is 0 Å². The van der Waals surface area contributed by atoms with Crippen LogP contribution in [-0.4, -0.2) is 34.5 Å². The highest BCUT2D eigenvalue weighted by Gasteiger charge is 2.28. The lowest BCUT2D eigenvalue weighted by atomic mass is 9.97. The third-order valence-electron chi connectivity index (χ3n) is 3.67. The van der Waals surface area contributed by atoms with E-state index in [0.29, 0.717) is 6.42 Å². The second kappa shape index (κ2) is 6.19. The summed E-state index contributed by atoms with van der Waals surface area (Å²) in [5, 5.41) is 12.7. The van der Waals surface area contributed by atoms with E-state index in [9.17, 15) is 9.59 Å². The number of carbonyl (C=O) groups is 2. The number of likely N-dealkylation sites (tertiary alicyclic amines) is 1. The maximum Gasteiger partial charge on any atom is 0.303 e. The number of hydrogen-bond donors (Lipinski definition) is 1. The molecule has 1 aromatic rings. The maximum absolute atomic E-state index is 12.5. The molecule has 0 aliphatic carbocycles. The molecule has 104 valence electrons. The molecule has 0 radical (unpaired) electrons. The summed E-state index contributed by atoms with van der Waals surface area (Å²) in [6.07, 6.45) is 3.71. The summed E-state index contributed by atoms with van der Waals surface area (Å²) in [5.74, 6) is -0.724. The van der Waals surface area contributed by atoms with Crippen LogP contribution in [0.2, 0.25) is 0 Å². The fourth-order valence-electron chi connectivity index (χ4n) is 2.59. The van der Waals surface area contributed by atoms with Gasteiger partial charge in [0.2, 0.25) is 0 Å². The number of carboxylic acid groups (broad SMARTS) is 1. The van der Waals surface area contributed by atoms with Gasteiger partial charge in [-0.05, 0) is 43.6 Å². The van der Waals surface area contributed by atoms with Gasteiger partial charge in [-0.2, -0.15) is 11.3 Å². The second-order valence-corrected chi connectivity index (χ2v) is 5.79. The van der Waals surface area contributed by atoms with Crippen LogP contribution in [-0.2, 0) is 4.79 Å². The van der Waals surface area contributed by atoms with Crippen LogP contribution >= 0.6 is 11.3 Å². The number of rotatable bonds is 4. The standard InChI is InChI=1S/C14H19NO3S/c1-10-8-19-9-12(10)14(18)15-7-3-2-4-11(15)5-6-13(16)17/h8-9,11H,2-7H2,1H3,(H,16,17)/t11-/m0/s1. The van der Waals surface area contributed by atoms with Gasteiger partial charge in [0.05, 0.1) is 5.56 Å². The Bertz CT molecular complexity index is 469. The highest BCUT2D eigenvalue weighted by atomic mass is 32.1. The SMILES string of the molecule is Cc1cscc1C(=O)N1CCCC[C@H]1CCC(=O)O. The lowest BCUT2D eigenvalue weighted by Gasteiger charge is -2.35. The van der Waals surface area contributed by atoms with E-state index in [0.717, 1.165) is 36.9 Å². The highest BCUT2D eigenvalue weighted by molar-refractivity contribution is 7.08. The molecule has 0 bridgehead atoms. The summed E-state index contributed by atoms with van der Waals surface area (Å²) in [6.45, 7) is 2.69. The number of aryl methyl sites for hydroxylation is 1. The summed E-state index contributed by atoms with van der Waals surface area (Å²) in [6, 6.07) is 0.0802. The van der Waals surface area contributed by atoms with E-state index in [4.69, 9.17) is 5.11 Å². The van der Waals surface area contributed by atoms with E-state index in [1.54, 1.807) is 0 Å². The first-order valence-electron chi connectivity index (χ1n) is 6.65. The van der Waals surface area contributed by atoms with Gasteiger partial charge in [0.15, 0.2) is 0 Å².